The first kappa shape index (κ1) is 12.6. The molecule has 0 fully saturated rings. The summed E-state index contributed by atoms with van der Waals surface area (Å²) in [6.07, 6.45) is 1.30. The van der Waals surface area contributed by atoms with Gasteiger partial charge in [-0.05, 0) is 19.9 Å². The smallest absolute Gasteiger partial charge is 0.244 e. The molecule has 0 N–H and O–H groups in total. The van der Waals surface area contributed by atoms with Gasteiger partial charge in [-0.25, -0.2) is 0 Å². The molecule has 2 aromatic rings. The van der Waals surface area contributed by atoms with Gasteiger partial charge >= 0.3 is 0 Å². The van der Waals surface area contributed by atoms with Crippen molar-refractivity contribution in [2.24, 2.45) is 0 Å². The maximum atomic E-state index is 9.15. The largest absolute Gasteiger partial charge is 0.335 e. The summed E-state index contributed by atoms with van der Waals surface area (Å²) in [5.74, 6) is 0. The van der Waals surface area contributed by atoms with Gasteiger partial charge < -0.3 is 9.47 Å². The van der Waals surface area contributed by atoms with E-state index < -0.39 is 6.41 Å². The van der Waals surface area contributed by atoms with E-state index in [0.29, 0.717) is 18.8 Å². The summed E-state index contributed by atoms with van der Waals surface area (Å²) < 4.78 is 13.0. The molecule has 4 heteroatoms. The van der Waals surface area contributed by atoms with Crippen LogP contribution in [0.2, 0.25) is 0 Å². The van der Waals surface area contributed by atoms with Crippen molar-refractivity contribution in [3.8, 4) is 6.07 Å². The second-order valence-electron chi connectivity index (χ2n) is 3.80. The van der Waals surface area contributed by atoms with E-state index in [-0.39, 0.29) is 0 Å². The van der Waals surface area contributed by atoms with Gasteiger partial charge in [0.05, 0.1) is 11.1 Å². The molecular weight excluding hydrogens is 228 g/mol. The molecule has 0 aliphatic rings. The van der Waals surface area contributed by atoms with E-state index >= 15 is 0 Å². The number of hydrogen-bond donors (Lipinski definition) is 0. The Morgan fingerprint density at radius 1 is 1.22 bits per heavy atom. The molecule has 0 unspecified atom stereocenters. The SMILES string of the molecule is CCOC(OCC)n1cc(C#N)c2ccccc21. The summed E-state index contributed by atoms with van der Waals surface area (Å²) >= 11 is 0. The molecule has 0 bridgehead atoms. The number of rotatable bonds is 5. The minimum atomic E-state index is -0.480. The molecule has 0 aliphatic carbocycles. The molecular formula is C14H16N2O2. The first-order valence-electron chi connectivity index (χ1n) is 6.04. The topological polar surface area (TPSA) is 47.2 Å². The monoisotopic (exact) mass is 244 g/mol. The molecule has 2 rings (SSSR count). The van der Waals surface area contributed by atoms with Gasteiger partial charge in [-0.1, -0.05) is 18.2 Å². The lowest BCUT2D eigenvalue weighted by Gasteiger charge is -2.19. The van der Waals surface area contributed by atoms with Crippen LogP contribution in [0.1, 0.15) is 25.8 Å². The van der Waals surface area contributed by atoms with Gasteiger partial charge in [0.1, 0.15) is 6.07 Å². The van der Waals surface area contributed by atoms with Gasteiger partial charge in [0.25, 0.3) is 0 Å². The fourth-order valence-electron chi connectivity index (χ4n) is 1.96. The van der Waals surface area contributed by atoms with Crippen molar-refractivity contribution < 1.29 is 9.47 Å². The normalized spacial score (nSPS) is 11.0. The molecule has 0 saturated heterocycles. The molecule has 1 aromatic carbocycles. The van der Waals surface area contributed by atoms with E-state index in [1.165, 1.54) is 0 Å². The quantitative estimate of drug-likeness (QED) is 0.759. The molecule has 0 aliphatic heterocycles. The Hall–Kier alpha value is -1.83. The van der Waals surface area contributed by atoms with E-state index in [1.54, 1.807) is 6.20 Å². The number of ether oxygens (including phenoxy) is 2. The fourth-order valence-corrected chi connectivity index (χ4v) is 1.96. The van der Waals surface area contributed by atoms with Gasteiger partial charge in [0.15, 0.2) is 0 Å². The Labute approximate surface area is 106 Å². The number of benzene rings is 1. The molecule has 0 atom stereocenters. The number of nitrogens with zero attached hydrogens (tertiary/aromatic N) is 2. The first-order valence-corrected chi connectivity index (χ1v) is 6.04. The number of nitriles is 1. The highest BCUT2D eigenvalue weighted by Crippen LogP contribution is 2.25. The Bertz CT molecular complexity index is 563. The van der Waals surface area contributed by atoms with E-state index in [4.69, 9.17) is 14.7 Å². The lowest BCUT2D eigenvalue weighted by atomic mass is 10.2. The predicted molar refractivity (Wildman–Crippen MR) is 68.9 cm³/mol. The van der Waals surface area contributed by atoms with E-state index in [1.807, 2.05) is 42.7 Å². The number of aromatic nitrogens is 1. The highest BCUT2D eigenvalue weighted by atomic mass is 16.7. The van der Waals surface area contributed by atoms with Crippen LogP contribution < -0.4 is 0 Å². The molecule has 94 valence electrons. The Morgan fingerprint density at radius 3 is 2.50 bits per heavy atom. The molecule has 18 heavy (non-hydrogen) atoms. The summed E-state index contributed by atoms with van der Waals surface area (Å²) in [6.45, 7) is 4.95. The lowest BCUT2D eigenvalue weighted by Crippen LogP contribution is -2.15. The van der Waals surface area contributed by atoms with Crippen molar-refractivity contribution in [1.82, 2.24) is 4.57 Å². The summed E-state index contributed by atoms with van der Waals surface area (Å²) in [5.41, 5.74) is 1.58. The zero-order valence-electron chi connectivity index (χ0n) is 10.6. The van der Waals surface area contributed by atoms with Gasteiger partial charge in [-0.15, -0.1) is 0 Å². The molecule has 0 amide bonds. The van der Waals surface area contributed by atoms with Gasteiger partial charge in [-0.2, -0.15) is 5.26 Å². The van der Waals surface area contributed by atoms with Crippen LogP contribution in [0.3, 0.4) is 0 Å². The van der Waals surface area contributed by atoms with Crippen LogP contribution >= 0.6 is 0 Å². The third kappa shape index (κ3) is 2.23. The van der Waals surface area contributed by atoms with Crippen molar-refractivity contribution in [1.29, 1.82) is 5.26 Å². The number of hydrogen-bond acceptors (Lipinski definition) is 3. The maximum Gasteiger partial charge on any atom is 0.244 e. The second kappa shape index (κ2) is 5.67. The third-order valence-electron chi connectivity index (χ3n) is 2.71. The van der Waals surface area contributed by atoms with Crippen molar-refractivity contribution in [3.05, 3.63) is 36.0 Å². The minimum absolute atomic E-state index is 0.480. The van der Waals surface area contributed by atoms with Crippen LogP contribution in [0.15, 0.2) is 30.5 Å². The third-order valence-corrected chi connectivity index (χ3v) is 2.71. The van der Waals surface area contributed by atoms with Crippen LogP contribution in [0.5, 0.6) is 0 Å². The van der Waals surface area contributed by atoms with E-state index in [0.717, 1.165) is 10.9 Å². The van der Waals surface area contributed by atoms with Gasteiger partial charge in [0, 0.05) is 24.8 Å². The predicted octanol–water partition coefficient (Wildman–Crippen LogP) is 3.04. The number of fused-ring (bicyclic) bond motifs is 1. The van der Waals surface area contributed by atoms with Crippen LogP contribution in [-0.2, 0) is 9.47 Å². The van der Waals surface area contributed by atoms with Crippen molar-refractivity contribution in [2.75, 3.05) is 13.2 Å². The van der Waals surface area contributed by atoms with Crippen molar-refractivity contribution >= 4 is 10.9 Å². The Balaban J connectivity index is 2.52. The summed E-state index contributed by atoms with van der Waals surface area (Å²) in [5, 5.41) is 10.1. The van der Waals surface area contributed by atoms with Crippen LogP contribution in [0.4, 0.5) is 0 Å². The molecule has 1 heterocycles. The number of para-hydroxylation sites is 1. The van der Waals surface area contributed by atoms with Gasteiger partial charge in [0.2, 0.25) is 6.41 Å². The molecule has 0 radical (unpaired) electrons. The van der Waals surface area contributed by atoms with Crippen molar-refractivity contribution in [3.63, 3.8) is 0 Å². The summed E-state index contributed by atoms with van der Waals surface area (Å²) in [7, 11) is 0. The standard InChI is InChI=1S/C14H16N2O2/c1-3-17-14(18-4-2)16-10-11(9-15)12-7-5-6-8-13(12)16/h5-8,10,14H,3-4H2,1-2H3. The maximum absolute atomic E-state index is 9.15. The van der Waals surface area contributed by atoms with Gasteiger partial charge in [-0.3, -0.25) is 4.57 Å². The highest BCUT2D eigenvalue weighted by Gasteiger charge is 2.15. The zero-order valence-corrected chi connectivity index (χ0v) is 10.6. The molecule has 0 saturated carbocycles. The zero-order chi connectivity index (χ0) is 13.0. The molecule has 4 nitrogen and oxygen atoms in total. The molecule has 1 aromatic heterocycles. The van der Waals surface area contributed by atoms with E-state index in [9.17, 15) is 0 Å². The average molecular weight is 244 g/mol. The van der Waals surface area contributed by atoms with Crippen LogP contribution in [-0.4, -0.2) is 17.8 Å². The summed E-state index contributed by atoms with van der Waals surface area (Å²) in [4.78, 5) is 0. The van der Waals surface area contributed by atoms with Crippen molar-refractivity contribution in [2.45, 2.75) is 20.3 Å². The molecule has 0 spiro atoms. The van der Waals surface area contributed by atoms with Crippen LogP contribution in [0.25, 0.3) is 10.9 Å². The summed E-state index contributed by atoms with van der Waals surface area (Å²) in [6, 6.07) is 9.95. The lowest BCUT2D eigenvalue weighted by molar-refractivity contribution is -0.183. The average Bonchev–Trinajstić information content (AvgIpc) is 2.77. The fraction of sp³-hybridized carbons (Fsp3) is 0.357. The van der Waals surface area contributed by atoms with E-state index in [2.05, 4.69) is 6.07 Å². The highest BCUT2D eigenvalue weighted by molar-refractivity contribution is 5.86. The first-order chi connectivity index (χ1) is 8.81. The van der Waals surface area contributed by atoms with Crippen LogP contribution in [0, 0.1) is 11.3 Å². The second-order valence-corrected chi connectivity index (χ2v) is 3.80. The minimum Gasteiger partial charge on any atom is -0.335 e. The Morgan fingerprint density at radius 2 is 1.89 bits per heavy atom. The Kier molecular flexibility index (Phi) is 3.98.